The minimum Gasteiger partial charge on any atom is -0.467 e. The van der Waals surface area contributed by atoms with Crippen LogP contribution in [0.3, 0.4) is 0 Å². The van der Waals surface area contributed by atoms with Gasteiger partial charge in [-0.05, 0) is 62.9 Å². The maximum Gasteiger partial charge on any atom is 0.416 e. The van der Waals surface area contributed by atoms with Gasteiger partial charge in [0, 0.05) is 6.54 Å². The number of methoxy groups -OCH3 is 1. The summed E-state index contributed by atoms with van der Waals surface area (Å²) in [5, 5.41) is 0. The van der Waals surface area contributed by atoms with Gasteiger partial charge in [-0.15, -0.1) is 0 Å². The van der Waals surface area contributed by atoms with E-state index in [1.165, 1.54) is 4.90 Å². The number of carbonyl (C=O) groups excluding carboxylic acids is 2. The lowest BCUT2D eigenvalue weighted by atomic mass is 9.92. The third-order valence-corrected chi connectivity index (χ3v) is 5.98. The summed E-state index contributed by atoms with van der Waals surface area (Å²) < 4.78 is 97.3. The summed E-state index contributed by atoms with van der Waals surface area (Å²) >= 11 is 0. The highest BCUT2D eigenvalue weighted by Gasteiger charge is 2.43. The Morgan fingerprint density at radius 2 is 1.49 bits per heavy atom. The molecular formula is C27H29F6NO5. The van der Waals surface area contributed by atoms with Gasteiger partial charge in [0.2, 0.25) is 0 Å². The smallest absolute Gasteiger partial charge is 0.416 e. The summed E-state index contributed by atoms with van der Waals surface area (Å²) in [5.41, 5.74) is -4.12. The van der Waals surface area contributed by atoms with Crippen LogP contribution in [0.25, 0.3) is 0 Å². The summed E-state index contributed by atoms with van der Waals surface area (Å²) in [6.45, 7) is 5.29. The molecule has 214 valence electrons. The first kappa shape index (κ1) is 30.3. The van der Waals surface area contributed by atoms with Gasteiger partial charge < -0.3 is 14.2 Å². The van der Waals surface area contributed by atoms with Crippen LogP contribution in [0.2, 0.25) is 0 Å². The van der Waals surface area contributed by atoms with Crippen molar-refractivity contribution >= 4 is 12.1 Å². The van der Waals surface area contributed by atoms with Crippen LogP contribution in [0, 0.1) is 0 Å². The molecule has 0 spiro atoms. The van der Waals surface area contributed by atoms with Crippen molar-refractivity contribution in [3.63, 3.8) is 0 Å². The van der Waals surface area contributed by atoms with Crippen molar-refractivity contribution in [2.45, 2.75) is 69.8 Å². The van der Waals surface area contributed by atoms with E-state index in [2.05, 4.69) is 0 Å². The Kier molecular flexibility index (Phi) is 8.88. The minimum absolute atomic E-state index is 0.0323. The fraction of sp³-hybridized carbons (Fsp3) is 0.481. The molecule has 0 bridgehead atoms. The number of benzene rings is 2. The van der Waals surface area contributed by atoms with Gasteiger partial charge in [-0.3, -0.25) is 4.90 Å². The van der Waals surface area contributed by atoms with Crippen molar-refractivity contribution < 1.29 is 50.1 Å². The second kappa shape index (κ2) is 11.4. The molecule has 0 radical (unpaired) electrons. The first-order valence-electron chi connectivity index (χ1n) is 12.1. The fourth-order valence-electron chi connectivity index (χ4n) is 4.36. The van der Waals surface area contributed by atoms with Gasteiger partial charge in [-0.25, -0.2) is 9.59 Å². The molecular weight excluding hydrogens is 532 g/mol. The Morgan fingerprint density at radius 1 is 0.923 bits per heavy atom. The lowest BCUT2D eigenvalue weighted by molar-refractivity contribution is -0.164. The first-order chi connectivity index (χ1) is 18.0. The van der Waals surface area contributed by atoms with Gasteiger partial charge in [0.15, 0.2) is 6.10 Å². The summed E-state index contributed by atoms with van der Waals surface area (Å²) in [7, 11) is 0.944. The third kappa shape index (κ3) is 7.65. The number of esters is 1. The zero-order valence-electron chi connectivity index (χ0n) is 21.7. The van der Waals surface area contributed by atoms with Gasteiger partial charge in [-0.2, -0.15) is 26.3 Å². The van der Waals surface area contributed by atoms with E-state index in [-0.39, 0.29) is 19.0 Å². The van der Waals surface area contributed by atoms with Crippen LogP contribution in [-0.4, -0.2) is 42.3 Å². The third-order valence-electron chi connectivity index (χ3n) is 5.98. The SMILES string of the molecule is COC(=O)[C@@H](OC1CCCN(C(=O)OC(C)(C)C)C1c1ccccc1)c1cc(C(F)(F)F)cc(C(F)(F)F)c1. The van der Waals surface area contributed by atoms with Crippen LogP contribution in [0.1, 0.15) is 68.0 Å². The van der Waals surface area contributed by atoms with Gasteiger partial charge in [-0.1, -0.05) is 30.3 Å². The average molecular weight is 562 g/mol. The van der Waals surface area contributed by atoms with Gasteiger partial charge in [0.05, 0.1) is 30.4 Å². The predicted molar refractivity (Wildman–Crippen MR) is 127 cm³/mol. The van der Waals surface area contributed by atoms with Crippen molar-refractivity contribution in [2.24, 2.45) is 0 Å². The molecule has 2 unspecified atom stereocenters. The van der Waals surface area contributed by atoms with Crippen molar-refractivity contribution in [1.29, 1.82) is 0 Å². The number of rotatable bonds is 5. The Morgan fingerprint density at radius 3 is 1.97 bits per heavy atom. The van der Waals surface area contributed by atoms with Crippen LogP contribution in [0.4, 0.5) is 31.1 Å². The number of hydrogen-bond donors (Lipinski definition) is 0. The number of hydrogen-bond acceptors (Lipinski definition) is 5. The number of carbonyl (C=O) groups is 2. The van der Waals surface area contributed by atoms with Crippen molar-refractivity contribution in [3.8, 4) is 0 Å². The highest BCUT2D eigenvalue weighted by Crippen LogP contribution is 2.41. The standard InChI is InChI=1S/C27H29F6NO5/c1-25(2,3)39-24(36)34-12-8-11-20(21(34)16-9-6-5-7-10-16)38-22(23(35)37-4)17-13-18(26(28,29)30)15-19(14-17)27(31,32)33/h5-7,9-10,13-15,20-22H,8,11-12H2,1-4H3/t20?,21?,22-/m0/s1. The Hall–Kier alpha value is -3.28. The van der Waals surface area contributed by atoms with Crippen molar-refractivity contribution in [2.75, 3.05) is 13.7 Å². The largest absolute Gasteiger partial charge is 0.467 e. The Labute approximate surface area is 221 Å². The molecule has 1 heterocycles. The molecule has 0 N–H and O–H groups in total. The van der Waals surface area contributed by atoms with Crippen molar-refractivity contribution in [3.05, 3.63) is 70.8 Å². The number of nitrogens with zero attached hydrogens (tertiary/aromatic N) is 1. The van der Waals surface area contributed by atoms with E-state index in [0.29, 0.717) is 24.1 Å². The van der Waals surface area contributed by atoms with Gasteiger partial charge >= 0.3 is 24.4 Å². The first-order valence-corrected chi connectivity index (χ1v) is 12.1. The lowest BCUT2D eigenvalue weighted by Gasteiger charge is -2.42. The predicted octanol–water partition coefficient (Wildman–Crippen LogP) is 7.10. The molecule has 2 aromatic carbocycles. The molecule has 1 aliphatic heterocycles. The molecule has 1 amide bonds. The lowest BCUT2D eigenvalue weighted by Crippen LogP contribution is -2.48. The number of alkyl halides is 6. The van der Waals surface area contributed by atoms with Crippen LogP contribution in [-0.2, 0) is 31.4 Å². The molecule has 0 aromatic heterocycles. The molecule has 0 aliphatic carbocycles. The second-order valence-corrected chi connectivity index (χ2v) is 10.1. The van der Waals surface area contributed by atoms with E-state index in [0.717, 1.165) is 7.11 Å². The van der Waals surface area contributed by atoms with E-state index in [9.17, 15) is 35.9 Å². The summed E-state index contributed by atoms with van der Waals surface area (Å²) in [5.74, 6) is -1.19. The molecule has 2 aromatic rings. The van der Waals surface area contributed by atoms with Crippen LogP contribution >= 0.6 is 0 Å². The maximum atomic E-state index is 13.5. The molecule has 3 atom stereocenters. The van der Waals surface area contributed by atoms with E-state index >= 15 is 0 Å². The monoisotopic (exact) mass is 561 g/mol. The number of piperidine rings is 1. The zero-order valence-corrected chi connectivity index (χ0v) is 21.7. The molecule has 12 heteroatoms. The van der Waals surface area contributed by atoms with Crippen molar-refractivity contribution in [1.82, 2.24) is 4.90 Å². The van der Waals surface area contributed by atoms with Crippen LogP contribution in [0.5, 0.6) is 0 Å². The maximum absolute atomic E-state index is 13.5. The summed E-state index contributed by atoms with van der Waals surface area (Å²) in [6.07, 6.45) is -13.2. The Balaban J connectivity index is 2.09. The summed E-state index contributed by atoms with van der Waals surface area (Å²) in [6, 6.07) is 8.52. The number of amides is 1. The van der Waals surface area contributed by atoms with Gasteiger partial charge in [0.25, 0.3) is 0 Å². The number of likely N-dealkylation sites (tertiary alicyclic amines) is 1. The highest BCUT2D eigenvalue weighted by molar-refractivity contribution is 5.76. The topological polar surface area (TPSA) is 65.1 Å². The normalized spacial score (nSPS) is 19.4. The van der Waals surface area contributed by atoms with E-state index in [1.54, 1.807) is 51.1 Å². The zero-order chi connectivity index (χ0) is 29.2. The quantitative estimate of drug-likeness (QED) is 0.288. The van der Waals surface area contributed by atoms with Crippen LogP contribution < -0.4 is 0 Å². The highest BCUT2D eigenvalue weighted by atomic mass is 19.4. The molecule has 1 aliphatic rings. The number of ether oxygens (including phenoxy) is 3. The molecule has 1 fully saturated rings. The molecule has 3 rings (SSSR count). The second-order valence-electron chi connectivity index (χ2n) is 10.1. The van der Waals surface area contributed by atoms with E-state index < -0.39 is 65.0 Å². The molecule has 6 nitrogen and oxygen atoms in total. The molecule has 1 saturated heterocycles. The minimum atomic E-state index is -5.12. The number of halogens is 6. The Bertz CT molecular complexity index is 1130. The van der Waals surface area contributed by atoms with E-state index in [4.69, 9.17) is 14.2 Å². The van der Waals surface area contributed by atoms with E-state index in [1.807, 2.05) is 0 Å². The molecule has 39 heavy (non-hydrogen) atoms. The van der Waals surface area contributed by atoms with Gasteiger partial charge in [0.1, 0.15) is 5.60 Å². The summed E-state index contributed by atoms with van der Waals surface area (Å²) in [4.78, 5) is 27.2. The molecule has 0 saturated carbocycles. The fourth-order valence-corrected chi connectivity index (χ4v) is 4.36. The average Bonchev–Trinajstić information content (AvgIpc) is 2.84. The van der Waals surface area contributed by atoms with Crippen LogP contribution in [0.15, 0.2) is 48.5 Å².